The van der Waals surface area contributed by atoms with Crippen molar-refractivity contribution in [3.05, 3.63) is 16.9 Å². The van der Waals surface area contributed by atoms with Gasteiger partial charge >= 0.3 is 0 Å². The Morgan fingerprint density at radius 2 is 2.26 bits per heavy atom. The van der Waals surface area contributed by atoms with Gasteiger partial charge in [-0.2, -0.15) is 5.10 Å². The fourth-order valence-corrected chi connectivity index (χ4v) is 3.63. The van der Waals surface area contributed by atoms with Crippen LogP contribution in [0, 0.1) is 6.92 Å². The van der Waals surface area contributed by atoms with E-state index in [9.17, 15) is 8.42 Å². The first-order chi connectivity index (χ1) is 9.04. The Labute approximate surface area is 114 Å². The smallest absolute Gasteiger partial charge is 0.267 e. The molecule has 3 N–H and O–H groups in total. The van der Waals surface area contributed by atoms with Crippen molar-refractivity contribution in [3.63, 3.8) is 0 Å². The quantitative estimate of drug-likeness (QED) is 0.715. The topological polar surface area (TPSA) is 113 Å². The molecule has 0 radical (unpaired) electrons. The lowest BCUT2D eigenvalue weighted by molar-refractivity contribution is 0.597. The molecule has 0 bridgehead atoms. The molecule has 0 unspecified atom stereocenters. The average molecular weight is 302 g/mol. The van der Waals surface area contributed by atoms with Crippen molar-refractivity contribution in [3.8, 4) is 0 Å². The number of hydrogen-bond donors (Lipinski definition) is 3. The van der Waals surface area contributed by atoms with Gasteiger partial charge in [0.2, 0.25) is 5.13 Å². The monoisotopic (exact) mass is 302 g/mol. The van der Waals surface area contributed by atoms with E-state index in [2.05, 4.69) is 30.4 Å². The molecular weight excluding hydrogens is 288 g/mol. The van der Waals surface area contributed by atoms with Gasteiger partial charge in [0.1, 0.15) is 10.4 Å². The van der Waals surface area contributed by atoms with Crippen molar-refractivity contribution in [2.24, 2.45) is 0 Å². The standard InChI is InChI=1S/C9H14N6O2S2/c1-3-10-4-7-8(6(2)12-13-7)19(16,17)15-9-14-11-5-18-9/h5,10H,3-4H2,1-2H3,(H,12,13)(H,14,15). The molecule has 19 heavy (non-hydrogen) atoms. The van der Waals surface area contributed by atoms with Gasteiger partial charge in [-0.05, 0) is 13.5 Å². The van der Waals surface area contributed by atoms with Crippen LogP contribution in [0.5, 0.6) is 0 Å². The van der Waals surface area contributed by atoms with E-state index in [0.29, 0.717) is 17.9 Å². The molecule has 2 heterocycles. The molecule has 0 aromatic carbocycles. The molecule has 0 aliphatic heterocycles. The summed E-state index contributed by atoms with van der Waals surface area (Å²) < 4.78 is 27.0. The van der Waals surface area contributed by atoms with Crippen LogP contribution in [0.1, 0.15) is 18.3 Å². The average Bonchev–Trinajstić information content (AvgIpc) is 2.95. The van der Waals surface area contributed by atoms with E-state index in [0.717, 1.165) is 17.9 Å². The summed E-state index contributed by atoms with van der Waals surface area (Å²) in [6.45, 7) is 4.71. The van der Waals surface area contributed by atoms with Crippen LogP contribution in [0.25, 0.3) is 0 Å². The maximum Gasteiger partial charge on any atom is 0.267 e. The molecular formula is C9H14N6O2S2. The van der Waals surface area contributed by atoms with E-state index in [-0.39, 0.29) is 10.0 Å². The van der Waals surface area contributed by atoms with Gasteiger partial charge in [-0.25, -0.2) is 8.42 Å². The molecule has 2 aromatic rings. The Morgan fingerprint density at radius 3 is 2.89 bits per heavy atom. The third-order valence-corrected chi connectivity index (χ3v) is 4.63. The Hall–Kier alpha value is -1.52. The van der Waals surface area contributed by atoms with Crippen LogP contribution in [0.15, 0.2) is 10.4 Å². The molecule has 2 rings (SSSR count). The number of H-pyrrole nitrogens is 1. The van der Waals surface area contributed by atoms with Gasteiger partial charge in [-0.1, -0.05) is 18.3 Å². The Kier molecular flexibility index (Phi) is 4.12. The highest BCUT2D eigenvalue weighted by Gasteiger charge is 2.25. The number of nitrogens with zero attached hydrogens (tertiary/aromatic N) is 3. The molecule has 0 saturated carbocycles. The number of aryl methyl sites for hydroxylation is 1. The van der Waals surface area contributed by atoms with E-state index in [1.807, 2.05) is 6.92 Å². The summed E-state index contributed by atoms with van der Waals surface area (Å²) in [7, 11) is -3.71. The van der Waals surface area contributed by atoms with Crippen molar-refractivity contribution in [2.45, 2.75) is 25.3 Å². The van der Waals surface area contributed by atoms with Gasteiger partial charge in [0.05, 0.1) is 11.4 Å². The summed E-state index contributed by atoms with van der Waals surface area (Å²) in [4.78, 5) is 0.156. The first-order valence-corrected chi connectivity index (χ1v) is 7.94. The highest BCUT2D eigenvalue weighted by molar-refractivity contribution is 7.93. The second kappa shape index (κ2) is 5.63. The number of aromatic nitrogens is 4. The molecule has 0 atom stereocenters. The van der Waals surface area contributed by atoms with E-state index in [4.69, 9.17) is 0 Å². The predicted octanol–water partition coefficient (Wildman–Crippen LogP) is 0.480. The minimum Gasteiger partial charge on any atom is -0.311 e. The summed E-state index contributed by atoms with van der Waals surface area (Å²) in [5.41, 5.74) is 2.40. The molecule has 0 aliphatic rings. The zero-order valence-electron chi connectivity index (χ0n) is 10.5. The van der Waals surface area contributed by atoms with E-state index >= 15 is 0 Å². The maximum absolute atomic E-state index is 12.3. The van der Waals surface area contributed by atoms with Crippen molar-refractivity contribution in [1.82, 2.24) is 25.7 Å². The molecule has 0 fully saturated rings. The minimum atomic E-state index is -3.71. The van der Waals surface area contributed by atoms with E-state index < -0.39 is 10.0 Å². The van der Waals surface area contributed by atoms with Gasteiger partial charge < -0.3 is 5.32 Å². The van der Waals surface area contributed by atoms with Gasteiger partial charge in [-0.15, -0.1) is 10.2 Å². The summed E-state index contributed by atoms with van der Waals surface area (Å²) in [5, 5.41) is 17.2. The number of anilines is 1. The summed E-state index contributed by atoms with van der Waals surface area (Å²) >= 11 is 1.12. The molecule has 0 aliphatic carbocycles. The summed E-state index contributed by atoms with van der Waals surface area (Å²) in [6.07, 6.45) is 0. The van der Waals surface area contributed by atoms with Crippen LogP contribution < -0.4 is 10.0 Å². The third kappa shape index (κ3) is 3.08. The molecule has 2 aromatic heterocycles. The second-order valence-electron chi connectivity index (χ2n) is 3.75. The predicted molar refractivity (Wildman–Crippen MR) is 71.4 cm³/mol. The van der Waals surface area contributed by atoms with Crippen molar-refractivity contribution in [2.75, 3.05) is 11.3 Å². The van der Waals surface area contributed by atoms with Crippen LogP contribution in [0.3, 0.4) is 0 Å². The normalized spacial score (nSPS) is 11.7. The van der Waals surface area contributed by atoms with Crippen molar-refractivity contribution < 1.29 is 8.42 Å². The zero-order valence-corrected chi connectivity index (χ0v) is 12.1. The number of nitrogens with one attached hydrogen (secondary N) is 3. The summed E-state index contributed by atoms with van der Waals surface area (Å²) in [5.74, 6) is 0. The highest BCUT2D eigenvalue weighted by Crippen LogP contribution is 2.21. The largest absolute Gasteiger partial charge is 0.311 e. The van der Waals surface area contributed by atoms with Gasteiger partial charge in [-0.3, -0.25) is 9.82 Å². The molecule has 10 heteroatoms. The molecule has 0 saturated heterocycles. The number of aromatic amines is 1. The van der Waals surface area contributed by atoms with Crippen molar-refractivity contribution >= 4 is 26.5 Å². The maximum atomic E-state index is 12.3. The number of sulfonamides is 1. The van der Waals surface area contributed by atoms with Gasteiger partial charge in [0, 0.05) is 6.54 Å². The Bertz CT molecular complexity index is 634. The van der Waals surface area contributed by atoms with Crippen molar-refractivity contribution in [1.29, 1.82) is 0 Å². The van der Waals surface area contributed by atoms with Gasteiger partial charge in [0.25, 0.3) is 10.0 Å². The number of rotatable bonds is 6. The van der Waals surface area contributed by atoms with Crippen LogP contribution in [0.4, 0.5) is 5.13 Å². The van der Waals surface area contributed by atoms with E-state index in [1.165, 1.54) is 5.51 Å². The second-order valence-corrected chi connectivity index (χ2v) is 6.21. The van der Waals surface area contributed by atoms with Crippen LogP contribution in [-0.4, -0.2) is 35.4 Å². The molecule has 8 nitrogen and oxygen atoms in total. The number of hydrogen-bond acceptors (Lipinski definition) is 7. The fourth-order valence-electron chi connectivity index (χ4n) is 1.57. The van der Waals surface area contributed by atoms with Gasteiger partial charge in [0.15, 0.2) is 0 Å². The minimum absolute atomic E-state index is 0.156. The van der Waals surface area contributed by atoms with Crippen LogP contribution >= 0.6 is 11.3 Å². The first-order valence-electron chi connectivity index (χ1n) is 5.58. The lowest BCUT2D eigenvalue weighted by Gasteiger charge is -2.06. The molecule has 0 amide bonds. The third-order valence-electron chi connectivity index (χ3n) is 2.35. The first kappa shape index (κ1) is 13.9. The Morgan fingerprint density at radius 1 is 1.47 bits per heavy atom. The SMILES string of the molecule is CCNCc1n[nH]c(C)c1S(=O)(=O)Nc1nncs1. The lowest BCUT2D eigenvalue weighted by atomic mass is 10.3. The van der Waals surface area contributed by atoms with Crippen LogP contribution in [0.2, 0.25) is 0 Å². The lowest BCUT2D eigenvalue weighted by Crippen LogP contribution is -2.19. The Balaban J connectivity index is 2.31. The fraction of sp³-hybridized carbons (Fsp3) is 0.444. The molecule has 104 valence electrons. The van der Waals surface area contributed by atoms with Crippen LogP contribution in [-0.2, 0) is 16.6 Å². The zero-order chi connectivity index (χ0) is 13.9. The molecule has 0 spiro atoms. The summed E-state index contributed by atoms with van der Waals surface area (Å²) in [6, 6.07) is 0. The van der Waals surface area contributed by atoms with E-state index in [1.54, 1.807) is 6.92 Å². The highest BCUT2D eigenvalue weighted by atomic mass is 32.2.